The van der Waals surface area contributed by atoms with Gasteiger partial charge in [0.05, 0.1) is 39.3 Å². The summed E-state index contributed by atoms with van der Waals surface area (Å²) in [4.78, 5) is 24.3. The minimum atomic E-state index is -0.282. The van der Waals surface area contributed by atoms with Gasteiger partial charge in [-0.15, -0.1) is 0 Å². The van der Waals surface area contributed by atoms with Crippen molar-refractivity contribution in [1.29, 1.82) is 0 Å². The van der Waals surface area contributed by atoms with Crippen molar-refractivity contribution in [3.05, 3.63) is 107 Å². The van der Waals surface area contributed by atoms with Crippen molar-refractivity contribution in [3.63, 3.8) is 0 Å². The minimum absolute atomic E-state index is 0. The molecule has 38 heavy (non-hydrogen) atoms. The molecule has 0 aliphatic carbocycles. The Labute approximate surface area is 239 Å². The SMILES string of the molecule is C[N+](C)(CCOC(=O)c1ccccc1)Cc1ccc(C[N+](C)(C)CCOC(=O)c2ccccc2)cc1.[Cl-].[Cl-]. The van der Waals surface area contributed by atoms with Crippen LogP contribution in [-0.2, 0) is 22.6 Å². The van der Waals surface area contributed by atoms with Crippen LogP contribution >= 0.6 is 0 Å². The van der Waals surface area contributed by atoms with Crippen LogP contribution < -0.4 is 24.8 Å². The van der Waals surface area contributed by atoms with Crippen LogP contribution in [0.15, 0.2) is 84.9 Å². The molecule has 0 aliphatic rings. The standard InChI is InChI=1S/C30H38N2O4.2ClH/c1-31(2,19-21-35-29(33)27-11-7-5-8-12-27)23-25-15-17-26(18-16-25)24-32(3,4)20-22-36-30(34)28-13-9-6-10-14-28;;/h5-18H,19-24H2,1-4H3;2*1H/q+2;;/p-2. The van der Waals surface area contributed by atoms with Gasteiger partial charge in [-0.05, 0) is 24.3 Å². The van der Waals surface area contributed by atoms with Crippen LogP contribution in [-0.4, -0.2) is 75.4 Å². The highest BCUT2D eigenvalue weighted by molar-refractivity contribution is 5.89. The highest BCUT2D eigenvalue weighted by atomic mass is 35.5. The van der Waals surface area contributed by atoms with Crippen LogP contribution in [0.4, 0.5) is 0 Å². The summed E-state index contributed by atoms with van der Waals surface area (Å²) in [5.41, 5.74) is 3.63. The predicted molar refractivity (Wildman–Crippen MR) is 141 cm³/mol. The molecule has 8 heteroatoms. The lowest BCUT2D eigenvalue weighted by Crippen LogP contribution is -3.00. The third kappa shape index (κ3) is 11.2. The molecule has 3 aromatic carbocycles. The Bertz CT molecular complexity index is 1030. The number of hydrogen-bond acceptors (Lipinski definition) is 4. The molecule has 0 radical (unpaired) electrons. The number of esters is 2. The van der Waals surface area contributed by atoms with Crippen LogP contribution in [0.5, 0.6) is 0 Å². The van der Waals surface area contributed by atoms with Crippen LogP contribution in [0.25, 0.3) is 0 Å². The number of halogens is 2. The zero-order valence-corrected chi connectivity index (χ0v) is 24.1. The monoisotopic (exact) mass is 560 g/mol. The third-order valence-corrected chi connectivity index (χ3v) is 6.12. The molecule has 206 valence electrons. The number of likely N-dealkylation sites (N-methyl/N-ethyl adjacent to an activating group) is 2. The molecule has 0 saturated carbocycles. The molecular weight excluding hydrogens is 523 g/mol. The van der Waals surface area contributed by atoms with E-state index < -0.39 is 0 Å². The number of nitrogens with zero attached hydrogens (tertiary/aromatic N) is 2. The molecule has 0 heterocycles. The van der Waals surface area contributed by atoms with Gasteiger partial charge >= 0.3 is 11.9 Å². The van der Waals surface area contributed by atoms with Crippen molar-refractivity contribution in [1.82, 2.24) is 0 Å². The highest BCUT2D eigenvalue weighted by Gasteiger charge is 2.20. The first kappa shape index (κ1) is 33.1. The fourth-order valence-electron chi connectivity index (χ4n) is 3.98. The second kappa shape index (κ2) is 15.5. The molecular formula is C30H38Cl2N2O4. The molecule has 0 spiro atoms. The summed E-state index contributed by atoms with van der Waals surface area (Å²) in [6.45, 7) is 3.89. The minimum Gasteiger partial charge on any atom is -1.00 e. The van der Waals surface area contributed by atoms with Crippen LogP contribution in [0.1, 0.15) is 31.8 Å². The van der Waals surface area contributed by atoms with E-state index in [4.69, 9.17) is 9.47 Å². The number of ether oxygens (including phenoxy) is 2. The zero-order valence-electron chi connectivity index (χ0n) is 22.6. The molecule has 0 aromatic heterocycles. The van der Waals surface area contributed by atoms with E-state index in [2.05, 4.69) is 52.5 Å². The van der Waals surface area contributed by atoms with Gasteiger partial charge in [-0.2, -0.15) is 0 Å². The molecule has 0 aliphatic heterocycles. The summed E-state index contributed by atoms with van der Waals surface area (Å²) in [7, 11) is 8.56. The molecule has 0 bridgehead atoms. The summed E-state index contributed by atoms with van der Waals surface area (Å²) in [6, 6.07) is 26.8. The summed E-state index contributed by atoms with van der Waals surface area (Å²) < 4.78 is 12.4. The Balaban J connectivity index is 0.00000361. The smallest absolute Gasteiger partial charge is 0.338 e. The number of hydrogen-bond donors (Lipinski definition) is 0. The van der Waals surface area contributed by atoms with E-state index >= 15 is 0 Å². The molecule has 6 nitrogen and oxygen atoms in total. The van der Waals surface area contributed by atoms with Gasteiger partial charge in [0.1, 0.15) is 39.4 Å². The fourth-order valence-corrected chi connectivity index (χ4v) is 3.98. The normalized spacial score (nSPS) is 11.1. The highest BCUT2D eigenvalue weighted by Crippen LogP contribution is 2.15. The van der Waals surface area contributed by atoms with E-state index in [1.807, 2.05) is 36.4 Å². The lowest BCUT2D eigenvalue weighted by molar-refractivity contribution is -0.904. The van der Waals surface area contributed by atoms with E-state index in [1.165, 1.54) is 11.1 Å². The second-order valence-corrected chi connectivity index (χ2v) is 10.5. The van der Waals surface area contributed by atoms with Crippen molar-refractivity contribution < 1.29 is 52.8 Å². The molecule has 0 N–H and O–H groups in total. The average molecular weight is 562 g/mol. The van der Waals surface area contributed by atoms with Crippen molar-refractivity contribution in [2.24, 2.45) is 0 Å². The quantitative estimate of drug-likeness (QED) is 0.201. The first-order valence-electron chi connectivity index (χ1n) is 12.3. The van der Waals surface area contributed by atoms with E-state index in [1.54, 1.807) is 24.3 Å². The van der Waals surface area contributed by atoms with E-state index in [0.29, 0.717) is 24.3 Å². The van der Waals surface area contributed by atoms with Gasteiger partial charge in [0.15, 0.2) is 0 Å². The summed E-state index contributed by atoms with van der Waals surface area (Å²) in [5.74, 6) is -0.564. The molecule has 0 unspecified atom stereocenters. The van der Waals surface area contributed by atoms with Crippen LogP contribution in [0.3, 0.4) is 0 Å². The Morgan fingerprint density at radius 3 is 1.18 bits per heavy atom. The van der Waals surface area contributed by atoms with E-state index in [9.17, 15) is 9.59 Å². The molecule has 0 fully saturated rings. The Hall–Kier alpha value is -2.90. The van der Waals surface area contributed by atoms with Crippen molar-refractivity contribution >= 4 is 11.9 Å². The Morgan fingerprint density at radius 1 is 0.553 bits per heavy atom. The maximum absolute atomic E-state index is 12.1. The van der Waals surface area contributed by atoms with Gasteiger partial charge < -0.3 is 43.3 Å². The largest absolute Gasteiger partial charge is 1.00 e. The fraction of sp³-hybridized carbons (Fsp3) is 0.333. The maximum Gasteiger partial charge on any atom is 0.338 e. The van der Waals surface area contributed by atoms with Crippen molar-refractivity contribution in [2.45, 2.75) is 13.1 Å². The van der Waals surface area contributed by atoms with Crippen molar-refractivity contribution in [3.8, 4) is 0 Å². The Kier molecular flexibility index (Phi) is 13.5. The van der Waals surface area contributed by atoms with Gasteiger partial charge in [0.2, 0.25) is 0 Å². The van der Waals surface area contributed by atoms with Gasteiger partial charge in [-0.1, -0.05) is 60.7 Å². The van der Waals surface area contributed by atoms with Gasteiger partial charge in [-0.3, -0.25) is 0 Å². The third-order valence-electron chi connectivity index (χ3n) is 6.12. The lowest BCUT2D eigenvalue weighted by Gasteiger charge is -2.30. The lowest BCUT2D eigenvalue weighted by atomic mass is 10.1. The number of carbonyl (C=O) groups is 2. The van der Waals surface area contributed by atoms with Crippen molar-refractivity contribution in [2.75, 3.05) is 54.5 Å². The first-order chi connectivity index (χ1) is 17.1. The van der Waals surface area contributed by atoms with E-state index in [-0.39, 0.29) is 36.8 Å². The average Bonchev–Trinajstić information content (AvgIpc) is 2.85. The molecule has 0 amide bonds. The number of rotatable bonds is 12. The second-order valence-electron chi connectivity index (χ2n) is 10.5. The summed E-state index contributed by atoms with van der Waals surface area (Å²) in [5, 5.41) is 0. The van der Waals surface area contributed by atoms with E-state index in [0.717, 1.165) is 35.1 Å². The summed E-state index contributed by atoms with van der Waals surface area (Å²) in [6.07, 6.45) is 0. The topological polar surface area (TPSA) is 52.6 Å². The first-order valence-corrected chi connectivity index (χ1v) is 12.3. The predicted octanol–water partition coefficient (Wildman–Crippen LogP) is -1.44. The van der Waals surface area contributed by atoms with Gasteiger partial charge in [-0.25, -0.2) is 9.59 Å². The molecule has 0 atom stereocenters. The maximum atomic E-state index is 12.1. The van der Waals surface area contributed by atoms with Gasteiger partial charge in [0, 0.05) is 11.1 Å². The van der Waals surface area contributed by atoms with Crippen LogP contribution in [0, 0.1) is 0 Å². The zero-order chi connectivity index (χ0) is 26.0. The number of benzene rings is 3. The summed E-state index contributed by atoms with van der Waals surface area (Å²) >= 11 is 0. The molecule has 0 saturated heterocycles. The number of carbonyl (C=O) groups excluding carboxylic acids is 2. The van der Waals surface area contributed by atoms with Crippen LogP contribution in [0.2, 0.25) is 0 Å². The molecule has 3 rings (SSSR count). The number of quaternary nitrogens is 2. The molecule has 3 aromatic rings. The Morgan fingerprint density at radius 2 is 0.868 bits per heavy atom. The van der Waals surface area contributed by atoms with Gasteiger partial charge in [0.25, 0.3) is 0 Å².